The molecule has 0 radical (unpaired) electrons. The summed E-state index contributed by atoms with van der Waals surface area (Å²) in [6.07, 6.45) is 6.54. The fourth-order valence-corrected chi connectivity index (χ4v) is 2.28. The van der Waals surface area contributed by atoms with Crippen LogP contribution in [0.1, 0.15) is 19.3 Å². The number of fused-ring (bicyclic) bond motifs is 1. The fourth-order valence-electron chi connectivity index (χ4n) is 2.28. The van der Waals surface area contributed by atoms with Crippen molar-refractivity contribution in [1.82, 2.24) is 14.5 Å². The standard InChI is InChI=1S/C13H15N5/c1-17-9-16-12-11(17)5-7-15-13(12)18(8-2-6-14)10-3-4-10/h5,7,9-10H,2-4,8H2,1H3. The number of hydrogen-bond acceptors (Lipinski definition) is 4. The van der Waals surface area contributed by atoms with Crippen LogP contribution >= 0.6 is 0 Å². The molecule has 0 aromatic carbocycles. The van der Waals surface area contributed by atoms with Gasteiger partial charge < -0.3 is 9.47 Å². The summed E-state index contributed by atoms with van der Waals surface area (Å²) in [5.74, 6) is 0.922. The largest absolute Gasteiger partial charge is 0.351 e. The van der Waals surface area contributed by atoms with Crippen molar-refractivity contribution in [2.75, 3.05) is 11.4 Å². The van der Waals surface area contributed by atoms with Crippen LogP contribution in [0.15, 0.2) is 18.6 Å². The van der Waals surface area contributed by atoms with Crippen molar-refractivity contribution in [3.63, 3.8) is 0 Å². The van der Waals surface area contributed by atoms with Crippen molar-refractivity contribution in [3.8, 4) is 6.07 Å². The van der Waals surface area contributed by atoms with Crippen molar-refractivity contribution in [1.29, 1.82) is 5.26 Å². The van der Waals surface area contributed by atoms with E-state index in [1.165, 1.54) is 12.8 Å². The predicted octanol–water partition coefficient (Wildman–Crippen LogP) is 1.85. The molecule has 0 bridgehead atoms. The summed E-state index contributed by atoms with van der Waals surface area (Å²) in [4.78, 5) is 11.1. The minimum absolute atomic E-state index is 0.529. The number of aromatic nitrogens is 3. The zero-order chi connectivity index (χ0) is 12.5. The highest BCUT2D eigenvalue weighted by molar-refractivity contribution is 5.86. The summed E-state index contributed by atoms with van der Waals surface area (Å²) in [7, 11) is 1.98. The lowest BCUT2D eigenvalue weighted by atomic mass is 10.3. The summed E-state index contributed by atoms with van der Waals surface area (Å²) in [5.41, 5.74) is 2.02. The zero-order valence-electron chi connectivity index (χ0n) is 10.4. The van der Waals surface area contributed by atoms with E-state index < -0.39 is 0 Å². The van der Waals surface area contributed by atoms with Crippen LogP contribution in [0.2, 0.25) is 0 Å². The van der Waals surface area contributed by atoms with E-state index in [4.69, 9.17) is 5.26 Å². The van der Waals surface area contributed by atoms with E-state index in [-0.39, 0.29) is 0 Å². The van der Waals surface area contributed by atoms with E-state index in [2.05, 4.69) is 20.9 Å². The molecule has 1 aliphatic carbocycles. The van der Waals surface area contributed by atoms with Gasteiger partial charge in [0.05, 0.1) is 24.3 Å². The lowest BCUT2D eigenvalue weighted by molar-refractivity contribution is 0.781. The molecule has 1 saturated carbocycles. The Balaban J connectivity index is 2.03. The van der Waals surface area contributed by atoms with E-state index in [0.29, 0.717) is 12.5 Å². The monoisotopic (exact) mass is 241 g/mol. The highest BCUT2D eigenvalue weighted by Gasteiger charge is 2.31. The van der Waals surface area contributed by atoms with Gasteiger partial charge in [0.1, 0.15) is 5.52 Å². The summed E-state index contributed by atoms with van der Waals surface area (Å²) in [6.45, 7) is 0.740. The van der Waals surface area contributed by atoms with Crippen LogP contribution in [0.3, 0.4) is 0 Å². The fraction of sp³-hybridized carbons (Fsp3) is 0.462. The molecular weight excluding hydrogens is 226 g/mol. The number of rotatable bonds is 4. The van der Waals surface area contributed by atoms with E-state index in [1.54, 1.807) is 0 Å². The van der Waals surface area contributed by atoms with Gasteiger partial charge in [0.2, 0.25) is 0 Å². The van der Waals surface area contributed by atoms with Gasteiger partial charge in [0, 0.05) is 25.8 Å². The van der Waals surface area contributed by atoms with Gasteiger partial charge in [-0.15, -0.1) is 0 Å². The molecule has 0 aliphatic heterocycles. The first-order valence-electron chi connectivity index (χ1n) is 6.21. The normalized spacial score (nSPS) is 14.7. The van der Waals surface area contributed by atoms with E-state index in [9.17, 15) is 0 Å². The highest BCUT2D eigenvalue weighted by atomic mass is 15.2. The SMILES string of the molecule is Cn1cnc2c(N(CCC#N)C3CC3)nccc21. The van der Waals surface area contributed by atoms with Crippen LogP contribution < -0.4 is 4.90 Å². The Morgan fingerprint density at radius 3 is 3.06 bits per heavy atom. The Labute approximate surface area is 106 Å². The molecule has 0 spiro atoms. The van der Waals surface area contributed by atoms with E-state index in [0.717, 1.165) is 23.4 Å². The molecule has 5 heteroatoms. The molecule has 0 saturated heterocycles. The molecule has 0 atom stereocenters. The Hall–Kier alpha value is -2.09. The number of pyridine rings is 1. The molecule has 0 N–H and O–H groups in total. The summed E-state index contributed by atoms with van der Waals surface area (Å²) >= 11 is 0. The van der Waals surface area contributed by atoms with Gasteiger partial charge in [0.15, 0.2) is 5.82 Å². The highest BCUT2D eigenvalue weighted by Crippen LogP contribution is 2.33. The summed E-state index contributed by atoms with van der Waals surface area (Å²) in [5, 5.41) is 8.76. The molecular formula is C13H15N5. The number of nitrogens with zero attached hydrogens (tertiary/aromatic N) is 5. The summed E-state index contributed by atoms with van der Waals surface area (Å²) in [6, 6.07) is 4.72. The molecule has 2 aromatic heterocycles. The minimum Gasteiger partial charge on any atom is -0.351 e. The number of aryl methyl sites for hydroxylation is 1. The van der Waals surface area contributed by atoms with Crippen molar-refractivity contribution in [2.24, 2.45) is 7.05 Å². The quantitative estimate of drug-likeness (QED) is 0.819. The van der Waals surface area contributed by atoms with Gasteiger partial charge in [-0.3, -0.25) is 0 Å². The first kappa shape index (κ1) is 11.0. The topological polar surface area (TPSA) is 57.7 Å². The molecule has 1 fully saturated rings. The third kappa shape index (κ3) is 1.80. The Kier molecular flexibility index (Phi) is 2.63. The second kappa shape index (κ2) is 4.30. The van der Waals surface area contributed by atoms with E-state index in [1.807, 2.05) is 30.2 Å². The van der Waals surface area contributed by atoms with Gasteiger partial charge in [0.25, 0.3) is 0 Å². The lowest BCUT2D eigenvalue weighted by Crippen LogP contribution is -2.27. The molecule has 0 unspecified atom stereocenters. The van der Waals surface area contributed by atoms with Crippen molar-refractivity contribution >= 4 is 16.9 Å². The second-order valence-electron chi connectivity index (χ2n) is 4.69. The molecule has 5 nitrogen and oxygen atoms in total. The number of nitriles is 1. The number of imidazole rings is 1. The molecule has 2 aromatic rings. The third-order valence-corrected chi connectivity index (χ3v) is 3.35. The molecule has 1 aliphatic rings. The first-order valence-corrected chi connectivity index (χ1v) is 6.21. The molecule has 2 heterocycles. The maximum absolute atomic E-state index is 8.76. The van der Waals surface area contributed by atoms with Crippen LogP contribution in [0.4, 0.5) is 5.82 Å². The first-order chi connectivity index (χ1) is 8.81. The second-order valence-corrected chi connectivity index (χ2v) is 4.69. The van der Waals surface area contributed by atoms with Gasteiger partial charge in [-0.1, -0.05) is 0 Å². The Morgan fingerprint density at radius 1 is 1.50 bits per heavy atom. The lowest BCUT2D eigenvalue weighted by Gasteiger charge is -2.22. The maximum atomic E-state index is 8.76. The smallest absolute Gasteiger partial charge is 0.157 e. The number of anilines is 1. The van der Waals surface area contributed by atoms with Crippen LogP contribution in [0.5, 0.6) is 0 Å². The average Bonchev–Trinajstić information content (AvgIpc) is 3.15. The van der Waals surface area contributed by atoms with Crippen molar-refractivity contribution in [2.45, 2.75) is 25.3 Å². The summed E-state index contributed by atoms with van der Waals surface area (Å²) < 4.78 is 2.00. The minimum atomic E-state index is 0.529. The average molecular weight is 241 g/mol. The molecule has 92 valence electrons. The van der Waals surface area contributed by atoms with Gasteiger partial charge >= 0.3 is 0 Å². The maximum Gasteiger partial charge on any atom is 0.157 e. The third-order valence-electron chi connectivity index (χ3n) is 3.35. The molecule has 18 heavy (non-hydrogen) atoms. The van der Waals surface area contributed by atoms with E-state index >= 15 is 0 Å². The van der Waals surface area contributed by atoms with Gasteiger partial charge in [-0.2, -0.15) is 5.26 Å². The van der Waals surface area contributed by atoms with Gasteiger partial charge in [-0.25, -0.2) is 9.97 Å². The Bertz CT molecular complexity index is 605. The van der Waals surface area contributed by atoms with Crippen molar-refractivity contribution < 1.29 is 0 Å². The number of hydrogen-bond donors (Lipinski definition) is 0. The zero-order valence-corrected chi connectivity index (χ0v) is 10.4. The predicted molar refractivity (Wildman–Crippen MR) is 69.1 cm³/mol. The van der Waals surface area contributed by atoms with Crippen LogP contribution in [-0.2, 0) is 7.05 Å². The van der Waals surface area contributed by atoms with Crippen LogP contribution in [-0.4, -0.2) is 27.1 Å². The molecule has 0 amide bonds. The Morgan fingerprint density at radius 2 is 2.33 bits per heavy atom. The van der Waals surface area contributed by atoms with Crippen LogP contribution in [0, 0.1) is 11.3 Å². The molecule has 3 rings (SSSR count). The van der Waals surface area contributed by atoms with Crippen molar-refractivity contribution in [3.05, 3.63) is 18.6 Å². The van der Waals surface area contributed by atoms with Gasteiger partial charge in [-0.05, 0) is 18.9 Å². The van der Waals surface area contributed by atoms with Crippen LogP contribution in [0.25, 0.3) is 11.0 Å².